The van der Waals surface area contributed by atoms with Crippen LogP contribution in [0.5, 0.6) is 0 Å². The van der Waals surface area contributed by atoms with Gasteiger partial charge >= 0.3 is 0 Å². The number of aryl methyl sites for hydroxylation is 3. The SMILES string of the molecule is C=CCC.C=O.C=O.CCc1ccc(Br)cc1.CNc1cc(C)c(C)c(CCC(C)=O)c1. The van der Waals surface area contributed by atoms with Gasteiger partial charge in [-0.15, -0.1) is 6.58 Å². The van der Waals surface area contributed by atoms with Crippen molar-refractivity contribution >= 4 is 41.0 Å². The molecule has 2 rings (SSSR count). The van der Waals surface area contributed by atoms with Crippen LogP contribution in [0.3, 0.4) is 0 Å². The zero-order valence-corrected chi connectivity index (χ0v) is 22.2. The fourth-order valence-corrected chi connectivity index (χ4v) is 2.63. The molecule has 0 spiro atoms. The molecule has 0 saturated carbocycles. The molecule has 0 radical (unpaired) electrons. The molecule has 0 aliphatic carbocycles. The first-order valence-corrected chi connectivity index (χ1v) is 11.3. The number of ketones is 1. The third-order valence-electron chi connectivity index (χ3n) is 4.42. The van der Waals surface area contributed by atoms with Gasteiger partial charge in [0.1, 0.15) is 19.4 Å². The van der Waals surface area contributed by atoms with Crippen LogP contribution in [0, 0.1) is 13.8 Å². The fraction of sp³-hybridized carbons (Fsp3) is 0.370. The summed E-state index contributed by atoms with van der Waals surface area (Å²) in [5, 5.41) is 3.14. The molecule has 0 aliphatic heterocycles. The second-order valence-corrected chi connectivity index (χ2v) is 7.62. The molecule has 0 amide bonds. The van der Waals surface area contributed by atoms with Gasteiger partial charge in [-0.2, -0.15) is 0 Å². The fourth-order valence-electron chi connectivity index (χ4n) is 2.37. The van der Waals surface area contributed by atoms with Gasteiger partial charge < -0.3 is 19.7 Å². The van der Waals surface area contributed by atoms with Crippen LogP contribution >= 0.6 is 15.9 Å². The summed E-state index contributed by atoms with van der Waals surface area (Å²) < 4.78 is 1.15. The number of allylic oxidation sites excluding steroid dienone is 1. The lowest BCUT2D eigenvalue weighted by atomic mass is 9.98. The Labute approximate surface area is 203 Å². The van der Waals surface area contributed by atoms with Crippen LogP contribution in [-0.4, -0.2) is 26.4 Å². The van der Waals surface area contributed by atoms with E-state index in [9.17, 15) is 4.79 Å². The largest absolute Gasteiger partial charge is 0.388 e. The van der Waals surface area contributed by atoms with Gasteiger partial charge in [-0.1, -0.05) is 48.0 Å². The second-order valence-electron chi connectivity index (χ2n) is 6.71. The molecule has 32 heavy (non-hydrogen) atoms. The minimum atomic E-state index is 0.252. The number of hydrogen-bond acceptors (Lipinski definition) is 4. The van der Waals surface area contributed by atoms with Gasteiger partial charge in [0.25, 0.3) is 0 Å². The zero-order chi connectivity index (χ0) is 25.5. The van der Waals surface area contributed by atoms with Gasteiger partial charge in [-0.25, -0.2) is 0 Å². The maximum absolute atomic E-state index is 11.0. The highest BCUT2D eigenvalue weighted by atomic mass is 79.9. The van der Waals surface area contributed by atoms with Crippen LogP contribution in [0.1, 0.15) is 55.9 Å². The van der Waals surface area contributed by atoms with E-state index in [1.54, 1.807) is 6.92 Å². The lowest BCUT2D eigenvalue weighted by Crippen LogP contribution is -2.00. The zero-order valence-electron chi connectivity index (χ0n) is 20.6. The van der Waals surface area contributed by atoms with Crippen molar-refractivity contribution in [3.05, 3.63) is 75.8 Å². The minimum absolute atomic E-state index is 0.252. The molecule has 1 N–H and O–H groups in total. The summed E-state index contributed by atoms with van der Waals surface area (Å²) in [7, 11) is 1.92. The molecule has 0 saturated heterocycles. The maximum atomic E-state index is 11.0. The quantitative estimate of drug-likeness (QED) is 0.425. The van der Waals surface area contributed by atoms with E-state index in [2.05, 4.69) is 91.9 Å². The lowest BCUT2D eigenvalue weighted by Gasteiger charge is -2.11. The monoisotopic (exact) mass is 505 g/mol. The number of anilines is 1. The van der Waals surface area contributed by atoms with Crippen molar-refractivity contribution < 1.29 is 14.4 Å². The topological polar surface area (TPSA) is 63.2 Å². The van der Waals surface area contributed by atoms with Crippen molar-refractivity contribution in [2.24, 2.45) is 0 Å². The summed E-state index contributed by atoms with van der Waals surface area (Å²) >= 11 is 3.37. The van der Waals surface area contributed by atoms with Crippen molar-refractivity contribution in [1.82, 2.24) is 0 Å². The van der Waals surface area contributed by atoms with E-state index in [1.807, 2.05) is 26.7 Å². The Morgan fingerprint density at radius 3 is 1.91 bits per heavy atom. The molecule has 0 fully saturated rings. The molecule has 0 aromatic heterocycles. The lowest BCUT2D eigenvalue weighted by molar-refractivity contribution is -0.117. The Balaban J connectivity index is -0.000000420. The number of nitrogens with one attached hydrogen (secondary N) is 1. The summed E-state index contributed by atoms with van der Waals surface area (Å²) in [5.41, 5.74) is 6.36. The van der Waals surface area contributed by atoms with Gasteiger partial charge in [-0.3, -0.25) is 0 Å². The highest BCUT2D eigenvalue weighted by Gasteiger charge is 2.05. The molecule has 2 aromatic rings. The third-order valence-corrected chi connectivity index (χ3v) is 4.95. The summed E-state index contributed by atoms with van der Waals surface area (Å²) in [5.74, 6) is 0.252. The van der Waals surface area contributed by atoms with E-state index in [1.165, 1.54) is 22.3 Å². The van der Waals surface area contributed by atoms with Gasteiger partial charge in [-0.05, 0) is 86.6 Å². The molecule has 5 heteroatoms. The first kappa shape index (κ1) is 34.1. The molecule has 0 aliphatic rings. The summed E-state index contributed by atoms with van der Waals surface area (Å²) in [6.07, 6.45) is 5.55. The van der Waals surface area contributed by atoms with Crippen molar-refractivity contribution in [3.8, 4) is 0 Å². The molecular formula is C27H40BrNO3. The Hall–Kier alpha value is -2.53. The Kier molecular flexibility index (Phi) is 24.7. The molecule has 0 unspecified atom stereocenters. The Morgan fingerprint density at radius 1 is 1.03 bits per heavy atom. The van der Waals surface area contributed by atoms with Crippen molar-refractivity contribution in [3.63, 3.8) is 0 Å². The predicted octanol–water partition coefficient (Wildman–Crippen LogP) is 7.09. The normalized spacial score (nSPS) is 8.47. The average Bonchev–Trinajstić information content (AvgIpc) is 2.83. The highest BCUT2D eigenvalue weighted by molar-refractivity contribution is 9.10. The third kappa shape index (κ3) is 17.2. The first-order chi connectivity index (χ1) is 15.3. The molecule has 2 aromatic carbocycles. The standard InChI is InChI=1S/C13H19NO.C8H9Br.C4H8.2CH2O/c1-9-7-13(14-4)8-12(11(9)3)6-5-10(2)15;1-2-7-3-5-8(9)6-4-7;1-3-4-2;2*1-2/h7-8,14H,5-6H2,1-4H3;3-6H,2H2,1H3;3H,1,4H2,2H3;2*1H2. The van der Waals surface area contributed by atoms with Crippen LogP contribution in [0.15, 0.2) is 53.5 Å². The number of benzene rings is 2. The molecule has 0 atom stereocenters. The Bertz CT molecular complexity index is 756. The molecule has 0 bridgehead atoms. The maximum Gasteiger partial charge on any atom is 0.130 e. The van der Waals surface area contributed by atoms with E-state index >= 15 is 0 Å². The van der Waals surface area contributed by atoms with E-state index in [0.29, 0.717) is 6.42 Å². The van der Waals surface area contributed by atoms with Gasteiger partial charge in [0.05, 0.1) is 0 Å². The van der Waals surface area contributed by atoms with E-state index in [4.69, 9.17) is 9.59 Å². The number of carbonyl (C=O) groups is 3. The predicted molar refractivity (Wildman–Crippen MR) is 143 cm³/mol. The van der Waals surface area contributed by atoms with E-state index in [-0.39, 0.29) is 5.78 Å². The summed E-state index contributed by atoms with van der Waals surface area (Å²) in [4.78, 5) is 27.0. The molecule has 178 valence electrons. The number of halogens is 1. The van der Waals surface area contributed by atoms with E-state index in [0.717, 1.165) is 29.4 Å². The van der Waals surface area contributed by atoms with Gasteiger partial charge in [0, 0.05) is 23.6 Å². The van der Waals surface area contributed by atoms with Crippen LogP contribution < -0.4 is 5.32 Å². The minimum Gasteiger partial charge on any atom is -0.388 e. The smallest absolute Gasteiger partial charge is 0.130 e. The summed E-state index contributed by atoms with van der Waals surface area (Å²) in [6.45, 7) is 17.6. The highest BCUT2D eigenvalue weighted by Crippen LogP contribution is 2.20. The van der Waals surface area contributed by atoms with Crippen molar-refractivity contribution in [2.45, 2.75) is 60.3 Å². The number of Topliss-reactive ketones (excluding diaryl/α,β-unsaturated/α-hetero) is 1. The van der Waals surface area contributed by atoms with Gasteiger partial charge in [0.15, 0.2) is 0 Å². The van der Waals surface area contributed by atoms with Gasteiger partial charge in [0.2, 0.25) is 0 Å². The molecule has 0 heterocycles. The average molecular weight is 507 g/mol. The number of hydrogen-bond donors (Lipinski definition) is 1. The summed E-state index contributed by atoms with van der Waals surface area (Å²) in [6, 6.07) is 12.7. The van der Waals surface area contributed by atoms with Crippen molar-refractivity contribution in [2.75, 3.05) is 12.4 Å². The van der Waals surface area contributed by atoms with Crippen LogP contribution in [-0.2, 0) is 27.2 Å². The number of rotatable bonds is 6. The molecular weight excluding hydrogens is 466 g/mol. The second kappa shape index (κ2) is 23.1. The van der Waals surface area contributed by atoms with Crippen LogP contribution in [0.2, 0.25) is 0 Å². The molecule has 4 nitrogen and oxygen atoms in total. The van der Waals surface area contributed by atoms with E-state index < -0.39 is 0 Å². The number of carbonyl (C=O) groups excluding carboxylic acids is 3. The Morgan fingerprint density at radius 2 is 1.53 bits per heavy atom. The van der Waals surface area contributed by atoms with Crippen LogP contribution in [0.4, 0.5) is 5.69 Å². The first-order valence-electron chi connectivity index (χ1n) is 10.5. The van der Waals surface area contributed by atoms with Crippen LogP contribution in [0.25, 0.3) is 0 Å². The van der Waals surface area contributed by atoms with Crippen molar-refractivity contribution in [1.29, 1.82) is 0 Å².